The molecule has 0 aliphatic carbocycles. The Hall–Kier alpha value is -3.52. The molecule has 3 heterocycles. The van der Waals surface area contributed by atoms with Crippen molar-refractivity contribution in [1.82, 2.24) is 9.55 Å². The molecule has 7 nitrogen and oxygen atoms in total. The summed E-state index contributed by atoms with van der Waals surface area (Å²) in [7, 11) is 0. The molecule has 0 radical (unpaired) electrons. The molecule has 1 aromatic carbocycles. The largest absolute Gasteiger partial charge is 0.491 e. The summed E-state index contributed by atoms with van der Waals surface area (Å²) < 4.78 is 13.2. The summed E-state index contributed by atoms with van der Waals surface area (Å²) in [4.78, 5) is 35.6. The molecule has 1 aliphatic rings. The molecule has 0 amide bonds. The Morgan fingerprint density at radius 1 is 1.18 bits per heavy atom. The van der Waals surface area contributed by atoms with Crippen molar-refractivity contribution in [1.29, 1.82) is 0 Å². The zero-order valence-electron chi connectivity index (χ0n) is 18.9. The molecule has 0 N–H and O–H groups in total. The second kappa shape index (κ2) is 9.54. The summed E-state index contributed by atoms with van der Waals surface area (Å²) in [6, 6.07) is 10.5. The fourth-order valence-electron chi connectivity index (χ4n) is 3.72. The fourth-order valence-corrected chi connectivity index (χ4v) is 4.77. The van der Waals surface area contributed by atoms with Crippen LogP contribution in [0.3, 0.4) is 0 Å². The van der Waals surface area contributed by atoms with Crippen molar-refractivity contribution in [2.24, 2.45) is 4.99 Å². The predicted molar refractivity (Wildman–Crippen MR) is 127 cm³/mol. The maximum absolute atomic E-state index is 13.5. The highest BCUT2D eigenvalue weighted by Gasteiger charge is 2.33. The van der Waals surface area contributed by atoms with Crippen LogP contribution in [0.25, 0.3) is 6.08 Å². The van der Waals surface area contributed by atoms with E-state index in [2.05, 4.69) is 9.98 Å². The second-order valence-corrected chi connectivity index (χ2v) is 8.83. The van der Waals surface area contributed by atoms with E-state index in [4.69, 9.17) is 9.47 Å². The van der Waals surface area contributed by atoms with Gasteiger partial charge in [-0.25, -0.2) is 9.79 Å². The highest BCUT2D eigenvalue weighted by atomic mass is 32.1. The highest BCUT2D eigenvalue weighted by Crippen LogP contribution is 2.31. The van der Waals surface area contributed by atoms with Crippen molar-refractivity contribution in [2.45, 2.75) is 39.8 Å². The standard InChI is InChI=1S/C25H25N3O4S/c1-5-31-24(30)21-16(4)27-25-28(22(21)18-6-8-19(9-7-18)32-15(2)3)23(29)20(33-25)14-17-10-12-26-13-11-17/h6-15,22H,5H2,1-4H3/b20-14-/t22-/m0/s1. The van der Waals surface area contributed by atoms with Gasteiger partial charge in [-0.15, -0.1) is 0 Å². The Bertz CT molecular complexity index is 1370. The van der Waals surface area contributed by atoms with E-state index in [9.17, 15) is 9.59 Å². The number of aromatic nitrogens is 2. The predicted octanol–water partition coefficient (Wildman–Crippen LogP) is 2.98. The molecule has 0 saturated heterocycles. The minimum atomic E-state index is -0.645. The van der Waals surface area contributed by atoms with Crippen LogP contribution in [-0.4, -0.2) is 28.2 Å². The van der Waals surface area contributed by atoms with Gasteiger partial charge < -0.3 is 9.47 Å². The number of nitrogens with zero attached hydrogens (tertiary/aromatic N) is 3. The smallest absolute Gasteiger partial charge is 0.338 e. The first-order valence-corrected chi connectivity index (χ1v) is 11.6. The number of carbonyl (C=O) groups excluding carboxylic acids is 1. The Balaban J connectivity index is 1.90. The lowest BCUT2D eigenvalue weighted by atomic mass is 9.96. The Morgan fingerprint density at radius 2 is 1.88 bits per heavy atom. The van der Waals surface area contributed by atoms with Crippen LogP contribution in [0.15, 0.2) is 69.8 Å². The van der Waals surface area contributed by atoms with Crippen LogP contribution in [0.1, 0.15) is 44.9 Å². The molecule has 33 heavy (non-hydrogen) atoms. The van der Waals surface area contributed by atoms with Gasteiger partial charge in [-0.2, -0.15) is 0 Å². The first-order valence-electron chi connectivity index (χ1n) is 10.8. The molecule has 8 heteroatoms. The number of hydrogen-bond acceptors (Lipinski definition) is 7. The highest BCUT2D eigenvalue weighted by molar-refractivity contribution is 7.07. The summed E-state index contributed by atoms with van der Waals surface area (Å²) in [5.41, 5.74) is 2.33. The Kier molecular flexibility index (Phi) is 6.55. The number of benzene rings is 1. The van der Waals surface area contributed by atoms with Crippen LogP contribution < -0.4 is 19.6 Å². The van der Waals surface area contributed by atoms with E-state index in [1.165, 1.54) is 11.3 Å². The van der Waals surface area contributed by atoms with Gasteiger partial charge in [0.15, 0.2) is 4.80 Å². The third-order valence-corrected chi connectivity index (χ3v) is 6.07. The third kappa shape index (κ3) is 4.66. The Morgan fingerprint density at radius 3 is 2.52 bits per heavy atom. The molecular formula is C25H25N3O4S. The first kappa shape index (κ1) is 22.7. The maximum atomic E-state index is 13.5. The summed E-state index contributed by atoms with van der Waals surface area (Å²) >= 11 is 1.29. The number of pyridine rings is 1. The summed E-state index contributed by atoms with van der Waals surface area (Å²) in [6.07, 6.45) is 5.20. The minimum absolute atomic E-state index is 0.0407. The van der Waals surface area contributed by atoms with E-state index in [1.807, 2.05) is 56.3 Å². The summed E-state index contributed by atoms with van der Waals surface area (Å²) in [6.45, 7) is 7.68. The van der Waals surface area contributed by atoms with Gasteiger partial charge in [0.1, 0.15) is 5.75 Å². The van der Waals surface area contributed by atoms with Gasteiger partial charge in [-0.05, 0) is 69.2 Å². The van der Waals surface area contributed by atoms with Gasteiger partial charge in [-0.3, -0.25) is 14.3 Å². The topological polar surface area (TPSA) is 82.8 Å². The number of allylic oxidation sites excluding steroid dienone is 1. The van der Waals surface area contributed by atoms with Crippen LogP contribution in [-0.2, 0) is 9.53 Å². The normalized spacial score (nSPS) is 15.9. The van der Waals surface area contributed by atoms with Crippen molar-refractivity contribution >= 4 is 23.4 Å². The number of carbonyl (C=O) groups is 1. The molecule has 0 bridgehead atoms. The van der Waals surface area contributed by atoms with Gasteiger partial charge in [0.25, 0.3) is 5.56 Å². The van der Waals surface area contributed by atoms with Crippen molar-refractivity contribution in [2.75, 3.05) is 6.61 Å². The molecular weight excluding hydrogens is 438 g/mol. The van der Waals surface area contributed by atoms with Crippen LogP contribution in [0, 0.1) is 0 Å². The molecule has 1 aliphatic heterocycles. The van der Waals surface area contributed by atoms with Gasteiger partial charge in [0.2, 0.25) is 0 Å². The van der Waals surface area contributed by atoms with Crippen molar-refractivity contribution in [3.63, 3.8) is 0 Å². The maximum Gasteiger partial charge on any atom is 0.338 e. The summed E-state index contributed by atoms with van der Waals surface area (Å²) in [5.74, 6) is 0.243. The zero-order chi connectivity index (χ0) is 23.5. The lowest BCUT2D eigenvalue weighted by molar-refractivity contribution is -0.139. The number of esters is 1. The van der Waals surface area contributed by atoms with Crippen LogP contribution >= 0.6 is 11.3 Å². The van der Waals surface area contributed by atoms with E-state index < -0.39 is 12.0 Å². The van der Waals surface area contributed by atoms with Gasteiger partial charge in [0.05, 0.1) is 34.6 Å². The molecule has 170 valence electrons. The van der Waals surface area contributed by atoms with E-state index in [0.717, 1.165) is 16.9 Å². The fraction of sp³-hybridized carbons (Fsp3) is 0.280. The molecule has 0 saturated carbocycles. The molecule has 2 aromatic heterocycles. The minimum Gasteiger partial charge on any atom is -0.491 e. The molecule has 0 fully saturated rings. The van der Waals surface area contributed by atoms with Crippen LogP contribution in [0.4, 0.5) is 0 Å². The van der Waals surface area contributed by atoms with Crippen LogP contribution in [0.5, 0.6) is 5.75 Å². The summed E-state index contributed by atoms with van der Waals surface area (Å²) in [5, 5.41) is 0. The average Bonchev–Trinajstić information content (AvgIpc) is 3.08. The average molecular weight is 464 g/mol. The van der Waals surface area contributed by atoms with Crippen molar-refractivity contribution in [3.8, 4) is 5.75 Å². The quantitative estimate of drug-likeness (QED) is 0.525. The molecule has 0 unspecified atom stereocenters. The van der Waals surface area contributed by atoms with E-state index in [0.29, 0.717) is 20.6 Å². The van der Waals surface area contributed by atoms with E-state index in [-0.39, 0.29) is 18.3 Å². The molecule has 1 atom stereocenters. The van der Waals surface area contributed by atoms with E-state index in [1.54, 1.807) is 30.8 Å². The van der Waals surface area contributed by atoms with E-state index >= 15 is 0 Å². The van der Waals surface area contributed by atoms with Gasteiger partial charge in [-0.1, -0.05) is 23.5 Å². The molecule has 4 rings (SSSR count). The SMILES string of the molecule is CCOC(=O)C1=C(C)N=c2s/c(=C\c3ccncc3)c(=O)n2[C@H]1c1ccc(OC(C)C)cc1. The molecule has 3 aromatic rings. The number of fused-ring (bicyclic) bond motifs is 1. The lowest BCUT2D eigenvalue weighted by Crippen LogP contribution is -2.39. The number of ether oxygens (including phenoxy) is 2. The lowest BCUT2D eigenvalue weighted by Gasteiger charge is -2.25. The Labute approximate surface area is 195 Å². The number of hydrogen-bond donors (Lipinski definition) is 0. The first-order chi connectivity index (χ1) is 15.9. The number of rotatable bonds is 6. The van der Waals surface area contributed by atoms with Gasteiger partial charge >= 0.3 is 5.97 Å². The van der Waals surface area contributed by atoms with Gasteiger partial charge in [0, 0.05) is 12.4 Å². The number of thiazole rings is 1. The molecule has 0 spiro atoms. The van der Waals surface area contributed by atoms with Crippen LogP contribution in [0.2, 0.25) is 0 Å². The van der Waals surface area contributed by atoms with Crippen molar-refractivity contribution < 1.29 is 14.3 Å². The third-order valence-electron chi connectivity index (χ3n) is 5.09. The zero-order valence-corrected chi connectivity index (χ0v) is 19.8. The van der Waals surface area contributed by atoms with Crippen molar-refractivity contribution in [3.05, 3.63) is 90.9 Å². The monoisotopic (exact) mass is 463 g/mol. The second-order valence-electron chi connectivity index (χ2n) is 7.82.